The van der Waals surface area contributed by atoms with E-state index in [0.29, 0.717) is 5.56 Å². The molecule has 0 atom stereocenters. The molecule has 0 fully saturated rings. The minimum absolute atomic E-state index is 0.0530. The van der Waals surface area contributed by atoms with Crippen LogP contribution < -0.4 is 5.43 Å². The highest BCUT2D eigenvalue weighted by Crippen LogP contribution is 2.13. The fourth-order valence-corrected chi connectivity index (χ4v) is 1.67. The maximum atomic E-state index is 11.8. The standard InChI is InChI=1S/C14H10N4O5/c19-14(11-2-1-3-13(8-11)18(22)23)16-15-9-10-4-6-12(7-5-10)17(20)21/h1-9H,(H,16,19). The van der Waals surface area contributed by atoms with E-state index in [9.17, 15) is 25.0 Å². The van der Waals surface area contributed by atoms with Gasteiger partial charge in [-0.2, -0.15) is 5.10 Å². The zero-order chi connectivity index (χ0) is 16.8. The average Bonchev–Trinajstić information content (AvgIpc) is 2.55. The molecular formula is C14H10N4O5. The second-order valence-corrected chi connectivity index (χ2v) is 4.36. The molecule has 2 aromatic carbocycles. The second-order valence-electron chi connectivity index (χ2n) is 4.36. The van der Waals surface area contributed by atoms with Crippen LogP contribution in [0.4, 0.5) is 11.4 Å². The lowest BCUT2D eigenvalue weighted by atomic mass is 10.2. The van der Waals surface area contributed by atoms with Crippen LogP contribution >= 0.6 is 0 Å². The second kappa shape index (κ2) is 6.89. The van der Waals surface area contributed by atoms with Crippen LogP contribution in [0.5, 0.6) is 0 Å². The van der Waals surface area contributed by atoms with Gasteiger partial charge in [0.1, 0.15) is 0 Å². The van der Waals surface area contributed by atoms with Gasteiger partial charge in [0, 0.05) is 29.8 Å². The molecule has 23 heavy (non-hydrogen) atoms. The van der Waals surface area contributed by atoms with Crippen molar-refractivity contribution in [2.75, 3.05) is 0 Å². The Kier molecular flexibility index (Phi) is 4.72. The van der Waals surface area contributed by atoms with Crippen LogP contribution in [-0.2, 0) is 0 Å². The van der Waals surface area contributed by atoms with E-state index >= 15 is 0 Å². The van der Waals surface area contributed by atoms with Gasteiger partial charge in [-0.05, 0) is 23.8 Å². The van der Waals surface area contributed by atoms with Gasteiger partial charge >= 0.3 is 0 Å². The molecule has 0 unspecified atom stereocenters. The van der Waals surface area contributed by atoms with Gasteiger partial charge in [-0.25, -0.2) is 5.43 Å². The van der Waals surface area contributed by atoms with Crippen LogP contribution in [0.1, 0.15) is 15.9 Å². The van der Waals surface area contributed by atoms with Crippen LogP contribution in [0.15, 0.2) is 53.6 Å². The summed E-state index contributed by atoms with van der Waals surface area (Å²) in [6.45, 7) is 0. The van der Waals surface area contributed by atoms with Gasteiger partial charge in [-0.3, -0.25) is 25.0 Å². The van der Waals surface area contributed by atoms with Crippen molar-refractivity contribution in [3.63, 3.8) is 0 Å². The van der Waals surface area contributed by atoms with E-state index in [4.69, 9.17) is 0 Å². The predicted molar refractivity (Wildman–Crippen MR) is 81.3 cm³/mol. The first-order valence-corrected chi connectivity index (χ1v) is 6.29. The van der Waals surface area contributed by atoms with Gasteiger partial charge in [0.15, 0.2) is 0 Å². The highest BCUT2D eigenvalue weighted by atomic mass is 16.6. The first-order chi connectivity index (χ1) is 11.0. The number of benzene rings is 2. The highest BCUT2D eigenvalue weighted by Gasteiger charge is 2.10. The van der Waals surface area contributed by atoms with Crippen LogP contribution in [0.2, 0.25) is 0 Å². The molecule has 9 nitrogen and oxygen atoms in total. The van der Waals surface area contributed by atoms with E-state index in [1.165, 1.54) is 48.7 Å². The first kappa shape index (κ1) is 15.8. The van der Waals surface area contributed by atoms with Gasteiger partial charge in [-0.15, -0.1) is 0 Å². The molecule has 0 aromatic heterocycles. The van der Waals surface area contributed by atoms with Crippen molar-refractivity contribution < 1.29 is 14.6 Å². The number of nitro groups is 2. The molecule has 0 radical (unpaired) electrons. The summed E-state index contributed by atoms with van der Waals surface area (Å²) in [6, 6.07) is 10.8. The number of amides is 1. The molecule has 0 aliphatic heterocycles. The average molecular weight is 314 g/mol. The summed E-state index contributed by atoms with van der Waals surface area (Å²) in [5, 5.41) is 24.9. The van der Waals surface area contributed by atoms with Gasteiger partial charge in [0.05, 0.1) is 16.1 Å². The lowest BCUT2D eigenvalue weighted by Gasteiger charge is -1.99. The molecule has 2 rings (SSSR count). The van der Waals surface area contributed by atoms with Crippen molar-refractivity contribution >= 4 is 23.5 Å². The Morgan fingerprint density at radius 1 is 1.00 bits per heavy atom. The molecule has 1 amide bonds. The molecule has 0 aliphatic carbocycles. The van der Waals surface area contributed by atoms with E-state index in [0.717, 1.165) is 6.07 Å². The largest absolute Gasteiger partial charge is 0.271 e. The Balaban J connectivity index is 2.02. The molecule has 1 N–H and O–H groups in total. The quantitative estimate of drug-likeness (QED) is 0.514. The molecule has 0 saturated carbocycles. The van der Waals surface area contributed by atoms with Crippen molar-refractivity contribution in [3.05, 3.63) is 79.9 Å². The number of nitrogens with zero attached hydrogens (tertiary/aromatic N) is 3. The number of hydrogen-bond donors (Lipinski definition) is 1. The van der Waals surface area contributed by atoms with E-state index in [1.54, 1.807) is 0 Å². The third-order valence-corrected chi connectivity index (χ3v) is 2.80. The molecule has 0 bridgehead atoms. The van der Waals surface area contributed by atoms with Crippen molar-refractivity contribution in [3.8, 4) is 0 Å². The lowest BCUT2D eigenvalue weighted by molar-refractivity contribution is -0.385. The maximum Gasteiger partial charge on any atom is 0.271 e. The molecule has 2 aromatic rings. The number of rotatable bonds is 5. The molecule has 9 heteroatoms. The van der Waals surface area contributed by atoms with Crippen molar-refractivity contribution in [2.45, 2.75) is 0 Å². The molecular weight excluding hydrogens is 304 g/mol. The zero-order valence-electron chi connectivity index (χ0n) is 11.6. The molecule has 0 aliphatic rings. The minimum Gasteiger partial charge on any atom is -0.267 e. The Morgan fingerprint density at radius 3 is 2.26 bits per heavy atom. The third kappa shape index (κ3) is 4.17. The summed E-state index contributed by atoms with van der Waals surface area (Å²) in [4.78, 5) is 31.9. The third-order valence-electron chi connectivity index (χ3n) is 2.80. The SMILES string of the molecule is O=C(NN=Cc1ccc([N+](=O)[O-])cc1)c1cccc([N+](=O)[O-])c1. The summed E-state index contributed by atoms with van der Waals surface area (Å²) in [5.41, 5.74) is 2.62. The topological polar surface area (TPSA) is 128 Å². The number of nitro benzene ring substituents is 2. The van der Waals surface area contributed by atoms with E-state index in [1.807, 2.05) is 0 Å². The Morgan fingerprint density at radius 2 is 1.65 bits per heavy atom. The number of non-ortho nitro benzene ring substituents is 2. The van der Waals surface area contributed by atoms with Crippen LogP contribution in [0.25, 0.3) is 0 Å². The van der Waals surface area contributed by atoms with Gasteiger partial charge in [-0.1, -0.05) is 6.07 Å². The first-order valence-electron chi connectivity index (χ1n) is 6.29. The summed E-state index contributed by atoms with van der Waals surface area (Å²) >= 11 is 0. The number of carbonyl (C=O) groups is 1. The summed E-state index contributed by atoms with van der Waals surface area (Å²) in [6.07, 6.45) is 1.30. The van der Waals surface area contributed by atoms with Crippen LogP contribution in [0, 0.1) is 20.2 Å². The Bertz CT molecular complexity index is 786. The number of hydrazone groups is 1. The van der Waals surface area contributed by atoms with Gasteiger partial charge < -0.3 is 0 Å². The molecule has 0 spiro atoms. The number of hydrogen-bond acceptors (Lipinski definition) is 6. The van der Waals surface area contributed by atoms with Crippen LogP contribution in [0.3, 0.4) is 0 Å². The molecule has 0 heterocycles. The minimum atomic E-state index is -0.605. The van der Waals surface area contributed by atoms with Crippen LogP contribution in [-0.4, -0.2) is 22.0 Å². The normalized spacial score (nSPS) is 10.4. The van der Waals surface area contributed by atoms with Crippen molar-refractivity contribution in [1.29, 1.82) is 0 Å². The predicted octanol–water partition coefficient (Wildman–Crippen LogP) is 2.27. The fraction of sp³-hybridized carbons (Fsp3) is 0. The van der Waals surface area contributed by atoms with Gasteiger partial charge in [0.2, 0.25) is 0 Å². The lowest BCUT2D eigenvalue weighted by Crippen LogP contribution is -2.17. The van der Waals surface area contributed by atoms with Crippen molar-refractivity contribution in [1.82, 2.24) is 5.43 Å². The summed E-state index contributed by atoms with van der Waals surface area (Å²) < 4.78 is 0. The number of carbonyl (C=O) groups excluding carboxylic acids is 1. The summed E-state index contributed by atoms with van der Waals surface area (Å²) in [5.74, 6) is -0.605. The van der Waals surface area contributed by atoms with Gasteiger partial charge in [0.25, 0.3) is 17.3 Å². The molecule has 0 saturated heterocycles. The monoisotopic (exact) mass is 314 g/mol. The summed E-state index contributed by atoms with van der Waals surface area (Å²) in [7, 11) is 0. The van der Waals surface area contributed by atoms with Crippen molar-refractivity contribution in [2.24, 2.45) is 5.10 Å². The van der Waals surface area contributed by atoms with E-state index < -0.39 is 15.8 Å². The fourth-order valence-electron chi connectivity index (χ4n) is 1.67. The number of nitrogens with one attached hydrogen (secondary N) is 1. The maximum absolute atomic E-state index is 11.8. The zero-order valence-corrected chi connectivity index (χ0v) is 11.6. The molecule has 116 valence electrons. The van der Waals surface area contributed by atoms with E-state index in [2.05, 4.69) is 10.5 Å². The Hall–Kier alpha value is -3.62. The van der Waals surface area contributed by atoms with E-state index in [-0.39, 0.29) is 16.9 Å². The smallest absolute Gasteiger partial charge is 0.267 e. The highest BCUT2D eigenvalue weighted by molar-refractivity contribution is 5.95. The Labute approximate surface area is 129 Å².